The van der Waals surface area contributed by atoms with Crippen LogP contribution in [0.5, 0.6) is 0 Å². The summed E-state index contributed by atoms with van der Waals surface area (Å²) in [6.45, 7) is 5.63. The Morgan fingerprint density at radius 3 is 3.00 bits per heavy atom. The molecule has 0 aromatic carbocycles. The first kappa shape index (κ1) is 12.2. The second kappa shape index (κ2) is 6.58. The Morgan fingerprint density at radius 1 is 1.53 bits per heavy atom. The largest absolute Gasteiger partial charge is 0.444 e. The van der Waals surface area contributed by atoms with E-state index in [1.54, 1.807) is 6.20 Å². The van der Waals surface area contributed by atoms with E-state index >= 15 is 0 Å². The molecule has 1 aromatic heterocycles. The molecule has 1 heterocycles. The molecule has 4 nitrogen and oxygen atoms in total. The van der Waals surface area contributed by atoms with E-state index in [-0.39, 0.29) is 6.04 Å². The summed E-state index contributed by atoms with van der Waals surface area (Å²) < 4.78 is 10.9. The van der Waals surface area contributed by atoms with E-state index < -0.39 is 0 Å². The van der Waals surface area contributed by atoms with Gasteiger partial charge in [0.2, 0.25) is 5.89 Å². The van der Waals surface area contributed by atoms with E-state index in [2.05, 4.69) is 17.2 Å². The fourth-order valence-corrected chi connectivity index (χ4v) is 1.18. The Hall–Kier alpha value is -0.870. The Bertz CT molecular complexity index is 273. The average molecular weight is 212 g/mol. The molecule has 1 rings (SSSR count). The third-order valence-electron chi connectivity index (χ3n) is 2.22. The number of oxazole rings is 1. The first-order chi connectivity index (χ1) is 7.27. The quantitative estimate of drug-likeness (QED) is 0.701. The van der Waals surface area contributed by atoms with Crippen LogP contribution in [0.15, 0.2) is 10.6 Å². The number of nitrogens with zero attached hydrogens (tertiary/aromatic N) is 1. The van der Waals surface area contributed by atoms with Crippen molar-refractivity contribution < 1.29 is 9.15 Å². The first-order valence-corrected chi connectivity index (χ1v) is 5.47. The van der Waals surface area contributed by atoms with Crippen molar-refractivity contribution >= 4 is 0 Å². The van der Waals surface area contributed by atoms with Crippen molar-refractivity contribution in [3.63, 3.8) is 0 Å². The zero-order valence-electron chi connectivity index (χ0n) is 9.75. The van der Waals surface area contributed by atoms with Gasteiger partial charge < -0.3 is 14.5 Å². The lowest BCUT2D eigenvalue weighted by molar-refractivity contribution is 0.134. The first-order valence-electron chi connectivity index (χ1n) is 5.47. The van der Waals surface area contributed by atoms with Crippen LogP contribution in [0.4, 0.5) is 0 Å². The topological polar surface area (TPSA) is 47.3 Å². The lowest BCUT2D eigenvalue weighted by Gasteiger charge is -2.03. The van der Waals surface area contributed by atoms with Gasteiger partial charge in [-0.25, -0.2) is 4.98 Å². The second-order valence-corrected chi connectivity index (χ2v) is 3.54. The van der Waals surface area contributed by atoms with Gasteiger partial charge in [-0.2, -0.15) is 0 Å². The predicted octanol–water partition coefficient (Wildman–Crippen LogP) is 1.92. The average Bonchev–Trinajstić information content (AvgIpc) is 2.72. The minimum Gasteiger partial charge on any atom is -0.444 e. The summed E-state index contributed by atoms with van der Waals surface area (Å²) in [5.74, 6) is 1.63. The molecule has 0 aliphatic carbocycles. The minimum absolute atomic E-state index is 0.162. The number of ether oxygens (including phenoxy) is 1. The molecule has 0 radical (unpaired) electrons. The van der Waals surface area contributed by atoms with Crippen molar-refractivity contribution in [3.05, 3.63) is 17.8 Å². The summed E-state index contributed by atoms with van der Waals surface area (Å²) in [6, 6.07) is 0.162. The van der Waals surface area contributed by atoms with Crippen LogP contribution in [-0.4, -0.2) is 25.2 Å². The van der Waals surface area contributed by atoms with Crippen molar-refractivity contribution in [2.45, 2.75) is 32.7 Å². The molecule has 0 bridgehead atoms. The molecule has 4 heteroatoms. The molecule has 1 aromatic rings. The van der Waals surface area contributed by atoms with Crippen LogP contribution in [0, 0.1) is 0 Å². The van der Waals surface area contributed by atoms with Crippen molar-refractivity contribution in [3.8, 4) is 0 Å². The van der Waals surface area contributed by atoms with E-state index in [0.717, 1.165) is 31.1 Å². The van der Waals surface area contributed by atoms with Gasteiger partial charge in [0.25, 0.3) is 0 Å². The molecule has 1 N–H and O–H groups in total. The summed E-state index contributed by atoms with van der Waals surface area (Å²) in [7, 11) is 1.89. The van der Waals surface area contributed by atoms with Crippen molar-refractivity contribution in [1.29, 1.82) is 0 Å². The summed E-state index contributed by atoms with van der Waals surface area (Å²) in [5.41, 5.74) is 0. The van der Waals surface area contributed by atoms with E-state index in [1.807, 2.05) is 14.0 Å². The minimum atomic E-state index is 0.162. The highest BCUT2D eigenvalue weighted by Crippen LogP contribution is 2.12. The second-order valence-electron chi connectivity index (χ2n) is 3.54. The van der Waals surface area contributed by atoms with Gasteiger partial charge in [-0.05, 0) is 20.4 Å². The van der Waals surface area contributed by atoms with Gasteiger partial charge in [0.1, 0.15) is 5.76 Å². The zero-order chi connectivity index (χ0) is 11.1. The van der Waals surface area contributed by atoms with E-state index in [9.17, 15) is 0 Å². The molecule has 0 aliphatic heterocycles. The molecule has 86 valence electrons. The van der Waals surface area contributed by atoms with Crippen LogP contribution in [0.2, 0.25) is 0 Å². The van der Waals surface area contributed by atoms with Crippen molar-refractivity contribution in [1.82, 2.24) is 10.3 Å². The zero-order valence-corrected chi connectivity index (χ0v) is 9.75. The van der Waals surface area contributed by atoms with Crippen molar-refractivity contribution in [2.24, 2.45) is 0 Å². The van der Waals surface area contributed by atoms with Crippen LogP contribution in [-0.2, 0) is 11.2 Å². The van der Waals surface area contributed by atoms with Gasteiger partial charge in [-0.1, -0.05) is 6.92 Å². The van der Waals surface area contributed by atoms with Crippen molar-refractivity contribution in [2.75, 3.05) is 20.3 Å². The van der Waals surface area contributed by atoms with Crippen LogP contribution >= 0.6 is 0 Å². The lowest BCUT2D eigenvalue weighted by atomic mass is 10.3. The summed E-state index contributed by atoms with van der Waals surface area (Å²) in [6.07, 6.45) is 3.63. The van der Waals surface area contributed by atoms with E-state index in [4.69, 9.17) is 9.15 Å². The number of rotatable bonds is 7. The Morgan fingerprint density at radius 2 is 2.33 bits per heavy atom. The smallest absolute Gasteiger partial charge is 0.211 e. The molecule has 1 atom stereocenters. The van der Waals surface area contributed by atoms with Crippen LogP contribution in [0.25, 0.3) is 0 Å². The van der Waals surface area contributed by atoms with Crippen LogP contribution < -0.4 is 5.32 Å². The summed E-state index contributed by atoms with van der Waals surface area (Å²) in [5, 5.41) is 3.08. The Labute approximate surface area is 91.0 Å². The molecular weight excluding hydrogens is 192 g/mol. The van der Waals surface area contributed by atoms with E-state index in [0.29, 0.717) is 6.61 Å². The maximum absolute atomic E-state index is 5.56. The molecular formula is C11H20N2O2. The third kappa shape index (κ3) is 4.01. The molecule has 0 amide bonds. The SMILES string of the molecule is CCCOCCc1cnc(C(C)NC)o1. The highest BCUT2D eigenvalue weighted by Gasteiger charge is 2.09. The fourth-order valence-electron chi connectivity index (χ4n) is 1.18. The van der Waals surface area contributed by atoms with Gasteiger partial charge in [-0.3, -0.25) is 0 Å². The van der Waals surface area contributed by atoms with Gasteiger partial charge in [0.15, 0.2) is 0 Å². The van der Waals surface area contributed by atoms with E-state index in [1.165, 1.54) is 0 Å². The molecule has 15 heavy (non-hydrogen) atoms. The molecule has 0 spiro atoms. The van der Waals surface area contributed by atoms with Gasteiger partial charge in [0.05, 0.1) is 18.8 Å². The molecule has 0 aliphatic rings. The lowest BCUT2D eigenvalue weighted by Crippen LogP contribution is -2.12. The predicted molar refractivity (Wildman–Crippen MR) is 58.8 cm³/mol. The van der Waals surface area contributed by atoms with Gasteiger partial charge in [0, 0.05) is 13.0 Å². The maximum Gasteiger partial charge on any atom is 0.211 e. The Kier molecular flexibility index (Phi) is 5.36. The standard InChI is InChI=1S/C11H20N2O2/c1-4-6-14-7-5-10-8-13-11(15-10)9(2)12-3/h8-9,12H,4-7H2,1-3H3. The number of aromatic nitrogens is 1. The number of hydrogen-bond acceptors (Lipinski definition) is 4. The summed E-state index contributed by atoms with van der Waals surface area (Å²) >= 11 is 0. The normalized spacial score (nSPS) is 13.0. The number of nitrogens with one attached hydrogen (secondary N) is 1. The van der Waals surface area contributed by atoms with Crippen LogP contribution in [0.3, 0.4) is 0 Å². The molecule has 1 unspecified atom stereocenters. The number of hydrogen-bond donors (Lipinski definition) is 1. The Balaban J connectivity index is 2.33. The highest BCUT2D eigenvalue weighted by molar-refractivity contribution is 4.97. The highest BCUT2D eigenvalue weighted by atomic mass is 16.5. The maximum atomic E-state index is 5.56. The summed E-state index contributed by atoms with van der Waals surface area (Å²) in [4.78, 5) is 4.20. The molecule has 0 saturated heterocycles. The monoisotopic (exact) mass is 212 g/mol. The third-order valence-corrected chi connectivity index (χ3v) is 2.22. The van der Waals surface area contributed by atoms with Gasteiger partial charge >= 0.3 is 0 Å². The molecule has 0 saturated carbocycles. The van der Waals surface area contributed by atoms with Crippen LogP contribution in [0.1, 0.15) is 38.0 Å². The fraction of sp³-hybridized carbons (Fsp3) is 0.727. The van der Waals surface area contributed by atoms with Gasteiger partial charge in [-0.15, -0.1) is 0 Å². The molecule has 0 fully saturated rings.